The zero-order valence-corrected chi connectivity index (χ0v) is 13.9. The minimum Gasteiger partial charge on any atom is -0.545 e. The van der Waals surface area contributed by atoms with Gasteiger partial charge in [-0.3, -0.25) is 0 Å². The van der Waals surface area contributed by atoms with Crippen molar-refractivity contribution in [2.75, 3.05) is 0 Å². The first-order chi connectivity index (χ1) is 9.53. The zero-order valence-electron chi connectivity index (χ0n) is 13.9. The van der Waals surface area contributed by atoms with Gasteiger partial charge >= 0.3 is 0 Å². The number of aliphatic carboxylic acids is 2. The number of allylic oxidation sites excluding steroid dienone is 3. The molecule has 0 fully saturated rings. The molecule has 0 rings (SSSR count). The van der Waals surface area contributed by atoms with Gasteiger partial charge in [-0.05, 0) is 45.8 Å². The van der Waals surface area contributed by atoms with E-state index in [0.717, 1.165) is 0 Å². The van der Waals surface area contributed by atoms with Gasteiger partial charge in [0.2, 0.25) is 0 Å². The van der Waals surface area contributed by atoms with Crippen LogP contribution in [-0.4, -0.2) is 11.9 Å². The first kappa shape index (κ1) is 31.2. The van der Waals surface area contributed by atoms with Crippen LogP contribution in [0.25, 0.3) is 0 Å². The number of carbonyl (C=O) groups is 2. The molecule has 0 saturated carbocycles. The molecular formula is C17H28O4-2. The van der Waals surface area contributed by atoms with Crippen LogP contribution in [0.15, 0.2) is 62.3 Å². The highest BCUT2D eigenvalue weighted by Crippen LogP contribution is 1.77. The third kappa shape index (κ3) is 136. The summed E-state index contributed by atoms with van der Waals surface area (Å²) >= 11 is 0. The molecule has 0 radical (unpaired) electrons. The van der Waals surface area contributed by atoms with Gasteiger partial charge in [0, 0.05) is 0 Å². The fourth-order valence-corrected chi connectivity index (χ4v) is 0. The molecule has 4 nitrogen and oxygen atoms in total. The number of hydrogen-bond donors (Lipinski definition) is 0. The Kier molecular flexibility index (Phi) is 45.4. The average Bonchev–Trinajstić information content (AvgIpc) is 2.32. The van der Waals surface area contributed by atoms with E-state index in [4.69, 9.17) is 0 Å². The Hall–Kier alpha value is -2.36. The van der Waals surface area contributed by atoms with Gasteiger partial charge in [-0.15, -0.1) is 19.7 Å². The van der Waals surface area contributed by atoms with Crippen molar-refractivity contribution in [1.82, 2.24) is 0 Å². The summed E-state index contributed by atoms with van der Waals surface area (Å²) in [5.41, 5.74) is 0.130. The molecule has 4 heteroatoms. The second-order valence-electron chi connectivity index (χ2n) is 3.36. The SMILES string of the molecule is C=C(C)C(=O)[O-].C=C(C)C(=O)[O-].C=CC.C=CC.C=CC. The van der Waals surface area contributed by atoms with E-state index in [-0.39, 0.29) is 11.1 Å². The summed E-state index contributed by atoms with van der Waals surface area (Å²) in [6, 6.07) is 0. The molecule has 0 aromatic heterocycles. The van der Waals surface area contributed by atoms with Crippen LogP contribution >= 0.6 is 0 Å². The van der Waals surface area contributed by atoms with E-state index < -0.39 is 11.9 Å². The average molecular weight is 296 g/mol. The highest BCUT2D eigenvalue weighted by molar-refractivity contribution is 5.83. The van der Waals surface area contributed by atoms with E-state index in [1.807, 2.05) is 20.8 Å². The van der Waals surface area contributed by atoms with Gasteiger partial charge in [-0.1, -0.05) is 31.4 Å². The van der Waals surface area contributed by atoms with Gasteiger partial charge in [0.15, 0.2) is 0 Å². The maximum Gasteiger partial charge on any atom is 0.0666 e. The predicted octanol–water partition coefficient (Wildman–Crippen LogP) is 2.20. The maximum atomic E-state index is 9.49. The quantitative estimate of drug-likeness (QED) is 0.578. The van der Waals surface area contributed by atoms with E-state index in [1.54, 1.807) is 18.2 Å². The molecule has 0 aliphatic rings. The van der Waals surface area contributed by atoms with Gasteiger partial charge in [-0.2, -0.15) is 0 Å². The third-order valence-corrected chi connectivity index (χ3v) is 0.697. The van der Waals surface area contributed by atoms with Crippen molar-refractivity contribution >= 4 is 11.9 Å². The van der Waals surface area contributed by atoms with Gasteiger partial charge in [-0.25, -0.2) is 0 Å². The lowest BCUT2D eigenvalue weighted by molar-refractivity contribution is -0.300. The first-order valence-corrected chi connectivity index (χ1v) is 5.98. The van der Waals surface area contributed by atoms with Crippen molar-refractivity contribution < 1.29 is 19.8 Å². The summed E-state index contributed by atoms with van der Waals surface area (Å²) in [6.45, 7) is 24.7. The molecule has 0 unspecified atom stereocenters. The molecule has 0 aliphatic carbocycles. The van der Waals surface area contributed by atoms with Crippen LogP contribution in [-0.2, 0) is 9.59 Å². The van der Waals surface area contributed by atoms with Crippen molar-refractivity contribution in [3.63, 3.8) is 0 Å². The van der Waals surface area contributed by atoms with Crippen molar-refractivity contribution in [3.8, 4) is 0 Å². The van der Waals surface area contributed by atoms with Crippen LogP contribution in [0.4, 0.5) is 0 Å². The molecule has 0 amide bonds. The Bertz CT molecular complexity index is 263. The lowest BCUT2D eigenvalue weighted by Crippen LogP contribution is -2.22. The van der Waals surface area contributed by atoms with Crippen LogP contribution < -0.4 is 10.2 Å². The fourth-order valence-electron chi connectivity index (χ4n) is 0. The first-order valence-electron chi connectivity index (χ1n) is 5.98. The van der Waals surface area contributed by atoms with E-state index in [0.29, 0.717) is 0 Å². The Balaban J connectivity index is -0.0000000533. The molecule has 0 aromatic carbocycles. The molecular weight excluding hydrogens is 268 g/mol. The van der Waals surface area contributed by atoms with Crippen LogP contribution in [0.3, 0.4) is 0 Å². The van der Waals surface area contributed by atoms with Gasteiger partial charge in [0.05, 0.1) is 11.9 Å². The second kappa shape index (κ2) is 30.6. The Morgan fingerprint density at radius 2 is 0.762 bits per heavy atom. The lowest BCUT2D eigenvalue weighted by Gasteiger charge is -1.93. The van der Waals surface area contributed by atoms with Crippen molar-refractivity contribution in [2.24, 2.45) is 0 Å². The molecule has 21 heavy (non-hydrogen) atoms. The molecule has 0 aliphatic heterocycles. The summed E-state index contributed by atoms with van der Waals surface area (Å²) in [5.74, 6) is -2.37. The Morgan fingerprint density at radius 3 is 0.762 bits per heavy atom. The predicted molar refractivity (Wildman–Crippen MR) is 87.3 cm³/mol. The zero-order chi connectivity index (χ0) is 18.4. The van der Waals surface area contributed by atoms with Gasteiger partial charge in [0.25, 0.3) is 0 Å². The topological polar surface area (TPSA) is 80.3 Å². The smallest absolute Gasteiger partial charge is 0.0666 e. The standard InChI is InChI=1S/2C4H6O2.3C3H6/c2*1-3(2)4(5)6;3*1-3-2/h2*1H2,2H3,(H,5,6);3*3H,1H2,2H3/p-2. The summed E-state index contributed by atoms with van der Waals surface area (Å²) in [6.07, 6.45) is 5.25. The fraction of sp³-hybridized carbons (Fsp3) is 0.294. The highest BCUT2D eigenvalue weighted by atomic mass is 16.4. The Morgan fingerprint density at radius 1 is 0.714 bits per heavy atom. The van der Waals surface area contributed by atoms with E-state index in [9.17, 15) is 19.8 Å². The van der Waals surface area contributed by atoms with E-state index in [1.165, 1.54) is 13.8 Å². The van der Waals surface area contributed by atoms with Crippen LogP contribution in [0, 0.1) is 0 Å². The molecule has 0 heterocycles. The monoisotopic (exact) mass is 296 g/mol. The summed E-state index contributed by atoms with van der Waals surface area (Å²) in [7, 11) is 0. The number of rotatable bonds is 2. The number of carboxylic acids is 2. The number of hydrogen-bond acceptors (Lipinski definition) is 4. The molecule has 0 N–H and O–H groups in total. The van der Waals surface area contributed by atoms with Crippen LogP contribution in [0.1, 0.15) is 34.6 Å². The largest absolute Gasteiger partial charge is 0.545 e. The third-order valence-electron chi connectivity index (χ3n) is 0.697. The highest BCUT2D eigenvalue weighted by Gasteiger charge is 1.76. The van der Waals surface area contributed by atoms with Crippen molar-refractivity contribution in [1.29, 1.82) is 0 Å². The molecule has 122 valence electrons. The maximum absolute atomic E-state index is 9.49. The molecule has 0 atom stereocenters. The number of carboxylic acid groups (broad SMARTS) is 2. The van der Waals surface area contributed by atoms with Gasteiger partial charge in [0.1, 0.15) is 0 Å². The van der Waals surface area contributed by atoms with E-state index >= 15 is 0 Å². The summed E-state index contributed by atoms with van der Waals surface area (Å²) in [5, 5.41) is 19.0. The molecule has 0 bridgehead atoms. The summed E-state index contributed by atoms with van der Waals surface area (Å²) in [4.78, 5) is 19.0. The minimum atomic E-state index is -1.19. The van der Waals surface area contributed by atoms with E-state index in [2.05, 4.69) is 32.9 Å². The molecule has 0 aromatic rings. The number of carbonyl (C=O) groups excluding carboxylic acids is 2. The molecule has 0 saturated heterocycles. The lowest BCUT2D eigenvalue weighted by atomic mass is 10.4. The summed E-state index contributed by atoms with van der Waals surface area (Å²) < 4.78 is 0. The van der Waals surface area contributed by atoms with Crippen LogP contribution in [0.5, 0.6) is 0 Å². The minimum absolute atomic E-state index is 0.0648. The normalized spacial score (nSPS) is 6.14. The van der Waals surface area contributed by atoms with Crippen molar-refractivity contribution in [2.45, 2.75) is 34.6 Å². The molecule has 0 spiro atoms. The Labute approximate surface area is 129 Å². The van der Waals surface area contributed by atoms with Crippen LogP contribution in [0.2, 0.25) is 0 Å². The van der Waals surface area contributed by atoms with Crippen molar-refractivity contribution in [3.05, 3.63) is 62.3 Å². The van der Waals surface area contributed by atoms with Gasteiger partial charge < -0.3 is 19.8 Å². The second-order valence-corrected chi connectivity index (χ2v) is 3.36.